The van der Waals surface area contributed by atoms with Gasteiger partial charge in [0.05, 0.1) is 0 Å². The smallest absolute Gasteiger partial charge is 0.262 e. The van der Waals surface area contributed by atoms with E-state index in [0.29, 0.717) is 11.2 Å². The molecular weight excluding hydrogens is 213 g/mol. The summed E-state index contributed by atoms with van der Waals surface area (Å²) in [6.07, 6.45) is 1.49. The van der Waals surface area contributed by atoms with Gasteiger partial charge in [-0.3, -0.25) is 9.89 Å². The third kappa shape index (κ3) is 5.38. The molecule has 0 aliphatic carbocycles. The Bertz CT molecular complexity index is 454. The second kappa shape index (κ2) is 11.0. The van der Waals surface area contributed by atoms with E-state index in [1.54, 1.807) is 6.07 Å². The molecule has 0 atom stereocenters. The van der Waals surface area contributed by atoms with Crippen molar-refractivity contribution < 1.29 is 1.43 Å². The Hall–Kier alpha value is -1.52. The summed E-state index contributed by atoms with van der Waals surface area (Å²) in [5, 5.41) is 2.51. The van der Waals surface area contributed by atoms with E-state index >= 15 is 0 Å². The first kappa shape index (κ1) is 17.9. The molecule has 0 aliphatic heterocycles. The highest BCUT2D eigenvalue weighted by atomic mass is 16.1. The standard InChI is InChI=1S/C6H4BN3O.3C2H6.H2/c7-4-3-8-5-1-2-6(11)9-10(4)5;3*1-2;/h1-3H,(H,9,11);3*1-2H3;1H. The molecule has 2 aromatic rings. The van der Waals surface area contributed by atoms with Gasteiger partial charge in [-0.2, -0.15) is 0 Å². The largest absolute Gasteiger partial charge is 0.268 e. The van der Waals surface area contributed by atoms with Crippen molar-refractivity contribution in [2.45, 2.75) is 41.5 Å². The molecule has 5 heteroatoms. The van der Waals surface area contributed by atoms with Crippen molar-refractivity contribution in [1.29, 1.82) is 0 Å². The van der Waals surface area contributed by atoms with Crippen LogP contribution in [0.2, 0.25) is 0 Å². The maximum Gasteiger partial charge on any atom is 0.262 e. The first-order valence-corrected chi connectivity index (χ1v) is 6.09. The van der Waals surface area contributed by atoms with Gasteiger partial charge in [0.25, 0.3) is 5.56 Å². The monoisotopic (exact) mass is 237 g/mol. The third-order valence-electron chi connectivity index (χ3n) is 1.42. The lowest BCUT2D eigenvalue weighted by molar-refractivity contribution is 0.925. The van der Waals surface area contributed by atoms with Gasteiger partial charge in [0, 0.05) is 19.3 Å². The van der Waals surface area contributed by atoms with Crippen molar-refractivity contribution in [3.8, 4) is 0 Å². The van der Waals surface area contributed by atoms with E-state index in [2.05, 4.69) is 10.1 Å². The SMILES string of the molecule is CC.CC.CC.[B]c1cnc2ccc(=O)[nH]n12.[HH]. The lowest BCUT2D eigenvalue weighted by Gasteiger charge is -1.92. The normalized spacial score (nSPS) is 7.88. The number of hydrogen-bond acceptors (Lipinski definition) is 2. The molecule has 0 saturated heterocycles. The summed E-state index contributed by atoms with van der Waals surface area (Å²) in [7, 11) is 5.48. The minimum atomic E-state index is -0.192. The highest BCUT2D eigenvalue weighted by Crippen LogP contribution is 1.88. The molecule has 0 spiro atoms. The van der Waals surface area contributed by atoms with Crippen molar-refractivity contribution in [2.24, 2.45) is 0 Å². The van der Waals surface area contributed by atoms with Crippen LogP contribution in [0.15, 0.2) is 23.1 Å². The molecule has 0 aliphatic rings. The Labute approximate surface area is 106 Å². The van der Waals surface area contributed by atoms with E-state index in [0.717, 1.165) is 0 Å². The summed E-state index contributed by atoms with van der Waals surface area (Å²) in [4.78, 5) is 14.7. The van der Waals surface area contributed by atoms with E-state index < -0.39 is 0 Å². The molecule has 2 rings (SSSR count). The lowest BCUT2D eigenvalue weighted by atomic mass is 10.1. The fourth-order valence-corrected chi connectivity index (χ4v) is 0.917. The number of aromatic nitrogens is 3. The second-order valence-corrected chi connectivity index (χ2v) is 2.19. The predicted octanol–water partition coefficient (Wildman–Crippen LogP) is 2.14. The van der Waals surface area contributed by atoms with E-state index in [1.165, 1.54) is 16.8 Å². The van der Waals surface area contributed by atoms with Crippen LogP contribution >= 0.6 is 0 Å². The number of fused-ring (bicyclic) bond motifs is 1. The minimum absolute atomic E-state index is 0. The van der Waals surface area contributed by atoms with E-state index in [1.807, 2.05) is 41.5 Å². The van der Waals surface area contributed by atoms with Gasteiger partial charge in [-0.1, -0.05) is 41.5 Å². The zero-order chi connectivity index (χ0) is 13.8. The molecule has 0 unspecified atom stereocenters. The fourth-order valence-electron chi connectivity index (χ4n) is 0.917. The number of rotatable bonds is 0. The van der Waals surface area contributed by atoms with Crippen molar-refractivity contribution in [3.05, 3.63) is 28.7 Å². The second-order valence-electron chi connectivity index (χ2n) is 2.19. The van der Waals surface area contributed by atoms with E-state index in [4.69, 9.17) is 7.85 Å². The summed E-state index contributed by atoms with van der Waals surface area (Å²) >= 11 is 0. The van der Waals surface area contributed by atoms with Gasteiger partial charge >= 0.3 is 0 Å². The van der Waals surface area contributed by atoms with Crippen LogP contribution in [0, 0.1) is 0 Å². The van der Waals surface area contributed by atoms with Crippen LogP contribution < -0.4 is 11.2 Å². The highest BCUT2D eigenvalue weighted by Gasteiger charge is 1.95. The van der Waals surface area contributed by atoms with Crippen LogP contribution in [-0.4, -0.2) is 22.4 Å². The molecular formula is C12H24BN3O. The molecule has 2 aromatic heterocycles. The molecule has 4 nitrogen and oxygen atoms in total. The molecule has 0 bridgehead atoms. The molecule has 0 amide bonds. The summed E-state index contributed by atoms with van der Waals surface area (Å²) in [5.74, 6) is 0. The Kier molecular flexibility index (Phi) is 11.5. The Morgan fingerprint density at radius 3 is 2.24 bits per heavy atom. The van der Waals surface area contributed by atoms with Gasteiger partial charge in [0.2, 0.25) is 0 Å². The van der Waals surface area contributed by atoms with Gasteiger partial charge in [-0.15, -0.1) is 0 Å². The number of H-pyrrole nitrogens is 1. The van der Waals surface area contributed by atoms with Crippen molar-refractivity contribution in [3.63, 3.8) is 0 Å². The number of aromatic amines is 1. The van der Waals surface area contributed by atoms with Crippen LogP contribution in [0.5, 0.6) is 0 Å². The van der Waals surface area contributed by atoms with Crippen LogP contribution in [-0.2, 0) is 0 Å². The molecule has 0 fully saturated rings. The minimum Gasteiger partial charge on any atom is -0.268 e. The van der Waals surface area contributed by atoms with Crippen LogP contribution in [0.1, 0.15) is 43.0 Å². The topological polar surface area (TPSA) is 50.2 Å². The van der Waals surface area contributed by atoms with Gasteiger partial charge in [0.15, 0.2) is 5.65 Å². The number of hydrogen-bond donors (Lipinski definition) is 1. The quantitative estimate of drug-likeness (QED) is 0.713. The molecule has 2 radical (unpaired) electrons. The van der Waals surface area contributed by atoms with Gasteiger partial charge < -0.3 is 0 Å². The molecule has 96 valence electrons. The van der Waals surface area contributed by atoms with Crippen LogP contribution in [0.4, 0.5) is 0 Å². The highest BCUT2D eigenvalue weighted by molar-refractivity contribution is 6.30. The summed E-state index contributed by atoms with van der Waals surface area (Å²) in [5.41, 5.74) is 0.877. The maximum absolute atomic E-state index is 10.8. The molecule has 2 heterocycles. The third-order valence-corrected chi connectivity index (χ3v) is 1.42. The van der Waals surface area contributed by atoms with Gasteiger partial charge in [0.1, 0.15) is 7.85 Å². The average Bonchev–Trinajstić information content (AvgIpc) is 2.78. The molecule has 17 heavy (non-hydrogen) atoms. The lowest BCUT2D eigenvalue weighted by Crippen LogP contribution is -2.18. The summed E-state index contributed by atoms with van der Waals surface area (Å²) < 4.78 is 1.43. The number of nitrogens with zero attached hydrogens (tertiary/aromatic N) is 2. The van der Waals surface area contributed by atoms with E-state index in [9.17, 15) is 4.79 Å². The zero-order valence-electron chi connectivity index (χ0n) is 11.6. The van der Waals surface area contributed by atoms with E-state index in [-0.39, 0.29) is 6.99 Å². The van der Waals surface area contributed by atoms with Crippen molar-refractivity contribution in [2.75, 3.05) is 0 Å². The van der Waals surface area contributed by atoms with Gasteiger partial charge in [-0.05, 0) is 6.07 Å². The molecule has 0 saturated carbocycles. The molecule has 1 N–H and O–H groups in total. The average molecular weight is 237 g/mol. The first-order chi connectivity index (χ1) is 8.27. The number of imidazole rings is 1. The Morgan fingerprint density at radius 1 is 1.18 bits per heavy atom. The van der Waals surface area contributed by atoms with Crippen LogP contribution in [0.3, 0.4) is 0 Å². The van der Waals surface area contributed by atoms with Crippen LogP contribution in [0.25, 0.3) is 5.65 Å². The zero-order valence-corrected chi connectivity index (χ0v) is 11.6. The fraction of sp³-hybridized carbons (Fsp3) is 0.500. The van der Waals surface area contributed by atoms with Crippen molar-refractivity contribution >= 4 is 19.1 Å². The molecule has 0 aromatic carbocycles. The summed E-state index contributed by atoms with van der Waals surface area (Å²) in [6, 6.07) is 3.01. The first-order valence-electron chi connectivity index (χ1n) is 6.09. The summed E-state index contributed by atoms with van der Waals surface area (Å²) in [6.45, 7) is 12.0. The van der Waals surface area contributed by atoms with Gasteiger partial charge in [-0.25, -0.2) is 9.50 Å². The Balaban J connectivity index is -0.000000285. The Morgan fingerprint density at radius 2 is 1.71 bits per heavy atom. The predicted molar refractivity (Wildman–Crippen MR) is 77.4 cm³/mol. The maximum atomic E-state index is 10.8. The number of nitrogens with one attached hydrogen (secondary N) is 1. The van der Waals surface area contributed by atoms with Crippen molar-refractivity contribution in [1.82, 2.24) is 14.6 Å².